The number of carbonyl (C=O) groups excluding carboxylic acids is 1. The van der Waals surface area contributed by atoms with E-state index in [9.17, 15) is 13.2 Å². The van der Waals surface area contributed by atoms with E-state index in [2.05, 4.69) is 14.7 Å². The predicted molar refractivity (Wildman–Crippen MR) is 124 cm³/mol. The molecular weight excluding hydrogens is 486 g/mol. The Morgan fingerprint density at radius 1 is 1.24 bits per heavy atom. The minimum atomic E-state index is -4.91. The second-order valence-corrected chi connectivity index (χ2v) is 10.2. The van der Waals surface area contributed by atoms with Gasteiger partial charge in [0.2, 0.25) is 0 Å². The summed E-state index contributed by atoms with van der Waals surface area (Å²) in [7, 11) is -3.19. The van der Waals surface area contributed by atoms with Crippen molar-refractivity contribution in [1.82, 2.24) is 9.88 Å². The van der Waals surface area contributed by atoms with Crippen LogP contribution in [0.1, 0.15) is 12.0 Å². The first-order chi connectivity index (χ1) is 16.3. The molecule has 1 fully saturated rings. The number of nitrogens with zero attached hydrogens (tertiary/aromatic N) is 4. The zero-order chi connectivity index (χ0) is 24.3. The fourth-order valence-corrected chi connectivity index (χ4v) is 5.82. The molecule has 2 aromatic carbocycles. The summed E-state index contributed by atoms with van der Waals surface area (Å²) in [5.41, 5.74) is 2.68. The monoisotopic (exact) mass is 508 g/mol. The Hall–Kier alpha value is -3.09. The van der Waals surface area contributed by atoms with Gasteiger partial charge in [-0.15, -0.1) is 11.3 Å². The fraction of sp³-hybridized carbons (Fsp3) is 0.273. The van der Waals surface area contributed by atoms with Crippen LogP contribution in [-0.4, -0.2) is 51.0 Å². The smallest absolute Gasteiger partial charge is 0.322 e. The van der Waals surface area contributed by atoms with Gasteiger partial charge in [0.25, 0.3) is 0 Å². The van der Waals surface area contributed by atoms with Crippen molar-refractivity contribution in [2.45, 2.75) is 23.9 Å². The second kappa shape index (κ2) is 10.0. The summed E-state index contributed by atoms with van der Waals surface area (Å²) in [4.78, 5) is 21.9. The molecule has 1 aliphatic heterocycles. The number of likely N-dealkylation sites (tertiary alicyclic amines) is 1. The van der Waals surface area contributed by atoms with Crippen molar-refractivity contribution in [1.29, 1.82) is 0 Å². The van der Waals surface area contributed by atoms with Crippen molar-refractivity contribution in [3.8, 4) is 0 Å². The number of benzene rings is 2. The zero-order valence-electron chi connectivity index (χ0n) is 18.2. The molecule has 8 nitrogen and oxygen atoms in total. The van der Waals surface area contributed by atoms with Crippen LogP contribution < -0.4 is 9.37 Å². The van der Waals surface area contributed by atoms with Gasteiger partial charge in [0.05, 0.1) is 5.51 Å². The van der Waals surface area contributed by atoms with Crippen molar-refractivity contribution in [3.63, 3.8) is 0 Å². The number of likely N-dealkylation sites (N-methyl/N-ethyl adjacent to an activating group) is 1. The number of carbonyl (C=O) groups is 1. The van der Waals surface area contributed by atoms with Crippen LogP contribution >= 0.6 is 11.3 Å². The predicted octanol–water partition coefficient (Wildman–Crippen LogP) is 3.42. The lowest BCUT2D eigenvalue weighted by molar-refractivity contribution is -0.128. The molecule has 34 heavy (non-hydrogen) atoms. The van der Waals surface area contributed by atoms with Gasteiger partial charge in [-0.1, -0.05) is 34.8 Å². The molecule has 0 aliphatic carbocycles. The molecule has 0 radical (unpaired) electrons. The first kappa shape index (κ1) is 24.0. The number of halogens is 2. The minimum absolute atomic E-state index is 0.00475. The van der Waals surface area contributed by atoms with Gasteiger partial charge in [0.15, 0.2) is 10.7 Å². The van der Waals surface area contributed by atoms with Crippen LogP contribution in [-0.2, 0) is 26.2 Å². The molecule has 0 bridgehead atoms. The highest BCUT2D eigenvalue weighted by Gasteiger charge is 2.35. The molecule has 180 valence electrons. The molecule has 4 rings (SSSR count). The highest BCUT2D eigenvalue weighted by Crippen LogP contribution is 2.32. The maximum atomic E-state index is 15.0. The summed E-state index contributed by atoms with van der Waals surface area (Å²) in [6, 6.07) is 11.9. The SMILES string of the molecule is CN(c1cc(F)c(S(=O)(=O)N(OC=O)c2cscn2)c(F)c1)[C@H]1CCN(Cc2ccccc2)C1. The molecule has 1 aliphatic rings. The highest BCUT2D eigenvalue weighted by molar-refractivity contribution is 7.92. The van der Waals surface area contributed by atoms with E-state index in [0.717, 1.165) is 43.0 Å². The van der Waals surface area contributed by atoms with Crippen LogP contribution in [0.5, 0.6) is 0 Å². The zero-order valence-corrected chi connectivity index (χ0v) is 19.8. The van der Waals surface area contributed by atoms with E-state index < -0.39 is 26.6 Å². The molecule has 0 unspecified atom stereocenters. The van der Waals surface area contributed by atoms with E-state index in [-0.39, 0.29) is 28.5 Å². The Kier molecular flexibility index (Phi) is 7.10. The molecule has 3 aromatic rings. The average Bonchev–Trinajstić information content (AvgIpc) is 3.49. The first-order valence-corrected chi connectivity index (χ1v) is 12.7. The van der Waals surface area contributed by atoms with Crippen molar-refractivity contribution >= 4 is 39.3 Å². The molecule has 2 heterocycles. The summed E-state index contributed by atoms with van der Waals surface area (Å²) in [6.07, 6.45) is 0.789. The Bertz CT molecular complexity index is 1220. The number of anilines is 2. The molecule has 1 aromatic heterocycles. The first-order valence-electron chi connectivity index (χ1n) is 10.3. The molecule has 1 saturated heterocycles. The van der Waals surface area contributed by atoms with Crippen LogP contribution in [0.3, 0.4) is 0 Å². The van der Waals surface area contributed by atoms with Crippen molar-refractivity contribution in [2.24, 2.45) is 0 Å². The largest absolute Gasteiger partial charge is 0.370 e. The number of hydrogen-bond donors (Lipinski definition) is 0. The van der Waals surface area contributed by atoms with Crippen molar-refractivity contribution < 1.29 is 26.8 Å². The van der Waals surface area contributed by atoms with Crippen LogP contribution in [0.4, 0.5) is 20.3 Å². The van der Waals surface area contributed by atoms with Crippen LogP contribution in [0.25, 0.3) is 0 Å². The van der Waals surface area contributed by atoms with Crippen molar-refractivity contribution in [2.75, 3.05) is 29.5 Å². The second-order valence-electron chi connectivity index (χ2n) is 7.79. The molecule has 0 spiro atoms. The van der Waals surface area contributed by atoms with Crippen molar-refractivity contribution in [3.05, 3.63) is 70.6 Å². The molecule has 12 heteroatoms. The molecule has 0 amide bonds. The number of thiazole rings is 1. The third kappa shape index (κ3) is 4.88. The lowest BCUT2D eigenvalue weighted by atomic mass is 10.2. The standard InChI is InChI=1S/C22H22F2N4O4S2/c1-26(17-7-8-27(12-17)11-16-5-3-2-4-6-16)18-9-19(23)22(20(24)10-18)34(30,31)28(32-15-29)21-13-33-14-25-21/h2-6,9-10,13-15,17H,7-8,11-12H2,1H3/t17-/m0/s1. The van der Waals surface area contributed by atoms with E-state index in [0.29, 0.717) is 6.54 Å². The van der Waals surface area contributed by atoms with Crippen LogP contribution in [0.2, 0.25) is 0 Å². The van der Waals surface area contributed by atoms with Gasteiger partial charge in [-0.05, 0) is 24.1 Å². The van der Waals surface area contributed by atoms with E-state index in [1.807, 2.05) is 30.3 Å². The van der Waals surface area contributed by atoms with Gasteiger partial charge in [0.1, 0.15) is 11.6 Å². The normalized spacial score (nSPS) is 16.4. The summed E-state index contributed by atoms with van der Waals surface area (Å²) in [5, 5.41) is 1.26. The number of rotatable bonds is 9. The van der Waals surface area contributed by atoms with Crippen LogP contribution in [0.15, 0.2) is 58.3 Å². The average molecular weight is 509 g/mol. The van der Waals surface area contributed by atoms with Gasteiger partial charge < -0.3 is 9.74 Å². The van der Waals surface area contributed by atoms with Gasteiger partial charge in [-0.3, -0.25) is 9.69 Å². The summed E-state index contributed by atoms with van der Waals surface area (Å²) >= 11 is 1.02. The van der Waals surface area contributed by atoms with Crippen LogP contribution in [0, 0.1) is 11.6 Å². The summed E-state index contributed by atoms with van der Waals surface area (Å²) < 4.78 is 56.0. The number of aromatic nitrogens is 1. The maximum Gasteiger partial charge on any atom is 0.322 e. The molecular formula is C22H22F2N4O4S2. The van der Waals surface area contributed by atoms with E-state index in [1.54, 1.807) is 11.9 Å². The highest BCUT2D eigenvalue weighted by atomic mass is 32.2. The maximum absolute atomic E-state index is 15.0. The Morgan fingerprint density at radius 2 is 1.94 bits per heavy atom. The quantitative estimate of drug-likeness (QED) is 0.324. The minimum Gasteiger partial charge on any atom is -0.370 e. The topological polar surface area (TPSA) is 83.1 Å². The van der Waals surface area contributed by atoms with Gasteiger partial charge in [-0.2, -0.15) is 8.42 Å². The van der Waals surface area contributed by atoms with Gasteiger partial charge in [0, 0.05) is 43.8 Å². The molecule has 0 N–H and O–H groups in total. The molecule has 1 atom stereocenters. The summed E-state index contributed by atoms with van der Waals surface area (Å²) in [5.74, 6) is -2.88. The Morgan fingerprint density at radius 3 is 2.56 bits per heavy atom. The Balaban J connectivity index is 1.55. The van der Waals surface area contributed by atoms with E-state index in [4.69, 9.17) is 0 Å². The number of sulfonamides is 1. The lowest BCUT2D eigenvalue weighted by Gasteiger charge is -2.28. The van der Waals surface area contributed by atoms with Gasteiger partial charge >= 0.3 is 16.5 Å². The van der Waals surface area contributed by atoms with Gasteiger partial charge in [-0.25, -0.2) is 13.8 Å². The fourth-order valence-electron chi connectivity index (χ4n) is 3.97. The lowest BCUT2D eigenvalue weighted by Crippen LogP contribution is -2.35. The molecule has 0 saturated carbocycles. The third-order valence-corrected chi connectivity index (χ3v) is 7.85. The number of hydrogen-bond acceptors (Lipinski definition) is 8. The third-order valence-electron chi connectivity index (χ3n) is 5.66. The van der Waals surface area contributed by atoms with E-state index >= 15 is 8.78 Å². The Labute approximate surface area is 200 Å². The van der Waals surface area contributed by atoms with E-state index in [1.165, 1.54) is 16.5 Å². The summed E-state index contributed by atoms with van der Waals surface area (Å²) in [6.45, 7) is 2.14.